The maximum atomic E-state index is 11.7. The molecule has 7 heteroatoms. The highest BCUT2D eigenvalue weighted by Crippen LogP contribution is 2.14. The minimum Gasteiger partial charge on any atom is -0.347 e. The molecule has 0 saturated carbocycles. The summed E-state index contributed by atoms with van der Waals surface area (Å²) in [6.45, 7) is 3.74. The number of hydrogen-bond acceptors (Lipinski definition) is 3. The Hall–Kier alpha value is -1.30. The Labute approximate surface area is 130 Å². The number of hydrogen-bond donors (Lipinski definition) is 2. The van der Waals surface area contributed by atoms with E-state index in [1.807, 2.05) is 35.9 Å². The van der Waals surface area contributed by atoms with Gasteiger partial charge in [0.05, 0.1) is 23.1 Å². The molecule has 1 aromatic heterocycles. The van der Waals surface area contributed by atoms with E-state index in [9.17, 15) is 4.79 Å². The highest BCUT2D eigenvalue weighted by Gasteiger charge is 2.21. The number of amides is 1. The van der Waals surface area contributed by atoms with Gasteiger partial charge in [0.15, 0.2) is 0 Å². The summed E-state index contributed by atoms with van der Waals surface area (Å²) >= 11 is 0. The number of nitrogens with zero attached hydrogens (tertiary/aromatic N) is 2. The van der Waals surface area contributed by atoms with E-state index in [2.05, 4.69) is 10.3 Å². The van der Waals surface area contributed by atoms with Crippen LogP contribution in [0.15, 0.2) is 24.3 Å². The topological polar surface area (TPSA) is 72.9 Å². The molecule has 2 aromatic rings. The van der Waals surface area contributed by atoms with Crippen LogP contribution in [0.1, 0.15) is 19.7 Å². The molecule has 0 unspecified atom stereocenters. The fraction of sp³-hybridized carbons (Fsp3) is 0.385. The van der Waals surface area contributed by atoms with Crippen LogP contribution in [0.3, 0.4) is 0 Å². The van der Waals surface area contributed by atoms with Crippen molar-refractivity contribution in [1.82, 2.24) is 14.9 Å². The van der Waals surface area contributed by atoms with Gasteiger partial charge in [0.2, 0.25) is 5.91 Å². The summed E-state index contributed by atoms with van der Waals surface area (Å²) in [5.41, 5.74) is 6.82. The Bertz CT molecular complexity index is 590. The van der Waals surface area contributed by atoms with Crippen LogP contribution in [0.2, 0.25) is 0 Å². The van der Waals surface area contributed by atoms with Crippen LogP contribution in [0.5, 0.6) is 0 Å². The zero-order valence-electron chi connectivity index (χ0n) is 11.7. The minimum atomic E-state index is -0.870. The maximum absolute atomic E-state index is 11.7. The third kappa shape index (κ3) is 3.85. The molecule has 3 N–H and O–H groups in total. The van der Waals surface area contributed by atoms with Crippen LogP contribution in [0.4, 0.5) is 0 Å². The van der Waals surface area contributed by atoms with Gasteiger partial charge in [-0.25, -0.2) is 4.98 Å². The first-order chi connectivity index (χ1) is 8.39. The second-order valence-electron chi connectivity index (χ2n) is 4.98. The summed E-state index contributed by atoms with van der Waals surface area (Å²) in [5, 5.41) is 2.79. The zero-order chi connectivity index (χ0) is 13.3. The van der Waals surface area contributed by atoms with E-state index in [1.54, 1.807) is 13.8 Å². The number of aryl methyl sites for hydroxylation is 1. The van der Waals surface area contributed by atoms with Gasteiger partial charge in [-0.2, -0.15) is 0 Å². The summed E-state index contributed by atoms with van der Waals surface area (Å²) in [7, 11) is 1.93. The van der Waals surface area contributed by atoms with E-state index in [0.717, 1.165) is 16.9 Å². The van der Waals surface area contributed by atoms with E-state index in [0.29, 0.717) is 6.54 Å². The van der Waals surface area contributed by atoms with Gasteiger partial charge in [-0.3, -0.25) is 4.79 Å². The van der Waals surface area contributed by atoms with Crippen LogP contribution in [0.25, 0.3) is 11.0 Å². The SMILES string of the molecule is Cl.Cl.Cn1c(CNC(=O)C(C)(C)N)nc2ccccc21. The minimum absolute atomic E-state index is 0. The lowest BCUT2D eigenvalue weighted by Gasteiger charge is -2.17. The predicted octanol–water partition coefficient (Wildman–Crippen LogP) is 1.77. The number of imidazole rings is 1. The van der Waals surface area contributed by atoms with Gasteiger partial charge in [-0.15, -0.1) is 24.8 Å². The molecule has 0 aliphatic carbocycles. The number of carbonyl (C=O) groups excluding carboxylic acids is 1. The Morgan fingerprint density at radius 2 is 1.95 bits per heavy atom. The number of nitrogens with one attached hydrogen (secondary N) is 1. The number of carbonyl (C=O) groups is 1. The normalized spacial score (nSPS) is 10.6. The number of halogens is 2. The van der Waals surface area contributed by atoms with E-state index in [-0.39, 0.29) is 30.7 Å². The lowest BCUT2D eigenvalue weighted by molar-refractivity contribution is -0.125. The first-order valence-electron chi connectivity index (χ1n) is 5.87. The molecular formula is C13H20Cl2N4O. The van der Waals surface area contributed by atoms with Crippen molar-refractivity contribution in [2.24, 2.45) is 12.8 Å². The molecule has 0 atom stereocenters. The fourth-order valence-electron chi connectivity index (χ4n) is 1.74. The summed E-state index contributed by atoms with van der Waals surface area (Å²) in [4.78, 5) is 16.2. The van der Waals surface area contributed by atoms with Crippen LogP contribution in [0, 0.1) is 0 Å². The summed E-state index contributed by atoms with van der Waals surface area (Å²) in [5.74, 6) is 0.628. The van der Waals surface area contributed by atoms with Crippen LogP contribution in [-0.4, -0.2) is 21.0 Å². The molecule has 2 rings (SSSR count). The van der Waals surface area contributed by atoms with E-state index >= 15 is 0 Å². The third-order valence-electron chi connectivity index (χ3n) is 2.87. The molecule has 0 radical (unpaired) electrons. The van der Waals surface area contributed by atoms with E-state index in [4.69, 9.17) is 5.73 Å². The van der Waals surface area contributed by atoms with Gasteiger partial charge in [0.1, 0.15) is 5.82 Å². The van der Waals surface area contributed by atoms with Gasteiger partial charge in [-0.1, -0.05) is 12.1 Å². The number of rotatable bonds is 3. The molecular weight excluding hydrogens is 299 g/mol. The van der Waals surface area contributed by atoms with Crippen molar-refractivity contribution in [1.29, 1.82) is 0 Å². The highest BCUT2D eigenvalue weighted by atomic mass is 35.5. The molecule has 1 aromatic carbocycles. The Morgan fingerprint density at radius 1 is 1.35 bits per heavy atom. The van der Waals surface area contributed by atoms with Crippen molar-refractivity contribution in [3.63, 3.8) is 0 Å². The Kier molecular flexibility index (Phi) is 6.47. The van der Waals surface area contributed by atoms with Crippen molar-refractivity contribution < 1.29 is 4.79 Å². The Morgan fingerprint density at radius 3 is 2.50 bits per heavy atom. The largest absolute Gasteiger partial charge is 0.347 e. The van der Waals surface area contributed by atoms with Crippen molar-refractivity contribution in [2.75, 3.05) is 0 Å². The molecule has 20 heavy (non-hydrogen) atoms. The quantitative estimate of drug-likeness (QED) is 0.905. The molecule has 5 nitrogen and oxygen atoms in total. The molecule has 1 heterocycles. The lowest BCUT2D eigenvalue weighted by atomic mass is 10.1. The van der Waals surface area contributed by atoms with Crippen molar-refractivity contribution >= 4 is 41.8 Å². The molecule has 0 saturated heterocycles. The third-order valence-corrected chi connectivity index (χ3v) is 2.87. The van der Waals surface area contributed by atoms with Gasteiger partial charge in [0.25, 0.3) is 0 Å². The average Bonchev–Trinajstić information content (AvgIpc) is 2.63. The summed E-state index contributed by atoms with van der Waals surface area (Å²) < 4.78 is 1.97. The Balaban J connectivity index is 0.00000180. The van der Waals surface area contributed by atoms with Gasteiger partial charge in [0, 0.05) is 7.05 Å². The van der Waals surface area contributed by atoms with Gasteiger partial charge in [-0.05, 0) is 26.0 Å². The fourth-order valence-corrected chi connectivity index (χ4v) is 1.74. The molecule has 0 spiro atoms. The average molecular weight is 319 g/mol. The van der Waals surface area contributed by atoms with Crippen LogP contribution >= 0.6 is 24.8 Å². The number of fused-ring (bicyclic) bond motifs is 1. The van der Waals surface area contributed by atoms with Gasteiger partial charge < -0.3 is 15.6 Å². The molecule has 0 fully saturated rings. The molecule has 112 valence electrons. The number of benzene rings is 1. The van der Waals surface area contributed by atoms with Crippen LogP contribution in [-0.2, 0) is 18.4 Å². The summed E-state index contributed by atoms with van der Waals surface area (Å²) in [6.07, 6.45) is 0. The first kappa shape index (κ1) is 18.7. The van der Waals surface area contributed by atoms with Crippen molar-refractivity contribution in [2.45, 2.75) is 25.9 Å². The van der Waals surface area contributed by atoms with Crippen molar-refractivity contribution in [3.8, 4) is 0 Å². The number of aromatic nitrogens is 2. The maximum Gasteiger partial charge on any atom is 0.239 e. The number of nitrogens with two attached hydrogens (primary N) is 1. The van der Waals surface area contributed by atoms with E-state index in [1.165, 1.54) is 0 Å². The van der Waals surface area contributed by atoms with Gasteiger partial charge >= 0.3 is 0 Å². The molecule has 0 aliphatic heterocycles. The second-order valence-corrected chi connectivity index (χ2v) is 4.98. The molecule has 0 aliphatic rings. The zero-order valence-corrected chi connectivity index (χ0v) is 13.3. The monoisotopic (exact) mass is 318 g/mol. The lowest BCUT2D eigenvalue weighted by Crippen LogP contribution is -2.48. The second kappa shape index (κ2) is 6.92. The number of para-hydroxylation sites is 2. The van der Waals surface area contributed by atoms with E-state index < -0.39 is 5.54 Å². The summed E-state index contributed by atoms with van der Waals surface area (Å²) in [6, 6.07) is 7.87. The first-order valence-corrected chi connectivity index (χ1v) is 5.87. The highest BCUT2D eigenvalue weighted by molar-refractivity contribution is 5.86. The predicted molar refractivity (Wildman–Crippen MR) is 85.3 cm³/mol. The standard InChI is InChI=1S/C13H18N4O.2ClH/c1-13(2,14)12(18)15-8-11-16-9-6-4-5-7-10(9)17(11)3;;/h4-7H,8,14H2,1-3H3,(H,15,18);2*1H. The van der Waals surface area contributed by atoms with Crippen molar-refractivity contribution in [3.05, 3.63) is 30.1 Å². The molecule has 1 amide bonds. The smallest absolute Gasteiger partial charge is 0.239 e. The molecule has 0 bridgehead atoms. The van der Waals surface area contributed by atoms with Crippen LogP contribution < -0.4 is 11.1 Å².